The van der Waals surface area contributed by atoms with Crippen molar-refractivity contribution in [3.05, 3.63) is 18.1 Å². The molecule has 0 heterocycles. The molecule has 0 aromatic rings. The van der Waals surface area contributed by atoms with Crippen molar-refractivity contribution < 1.29 is 0 Å². The zero-order valence-corrected chi connectivity index (χ0v) is 5.82. The van der Waals surface area contributed by atoms with Crippen molar-refractivity contribution in [2.45, 2.75) is 32.1 Å². The molecule has 0 nitrogen and oxygen atoms in total. The highest BCUT2D eigenvalue weighted by Crippen LogP contribution is 2.44. The molecule has 0 saturated heterocycles. The van der Waals surface area contributed by atoms with Gasteiger partial charge in [0.05, 0.1) is 0 Å². The van der Waals surface area contributed by atoms with Crippen LogP contribution in [0.3, 0.4) is 0 Å². The van der Waals surface area contributed by atoms with Crippen LogP contribution < -0.4 is 0 Å². The van der Waals surface area contributed by atoms with Crippen molar-refractivity contribution in [3.63, 3.8) is 0 Å². The van der Waals surface area contributed by atoms with Gasteiger partial charge < -0.3 is 0 Å². The van der Waals surface area contributed by atoms with Gasteiger partial charge in [0.2, 0.25) is 0 Å². The molecule has 1 unspecified atom stereocenters. The summed E-state index contributed by atoms with van der Waals surface area (Å²) in [6.45, 7) is 4.03. The van der Waals surface area contributed by atoms with Gasteiger partial charge in [-0.1, -0.05) is 12.2 Å². The number of hydrogen-bond acceptors (Lipinski definition) is 0. The van der Waals surface area contributed by atoms with Gasteiger partial charge >= 0.3 is 0 Å². The Morgan fingerprint density at radius 2 is 2.22 bits per heavy atom. The lowest BCUT2D eigenvalue weighted by molar-refractivity contribution is 0.516. The van der Waals surface area contributed by atoms with Gasteiger partial charge in [-0.05, 0) is 43.9 Å². The summed E-state index contributed by atoms with van der Waals surface area (Å²) in [6.07, 6.45) is 6.87. The zero-order valence-electron chi connectivity index (χ0n) is 5.82. The maximum atomic E-state index is 4.03. The molecule has 0 amide bonds. The lowest BCUT2D eigenvalue weighted by Crippen LogP contribution is -2.04. The predicted molar refractivity (Wildman–Crippen MR) is 39.0 cm³/mol. The van der Waals surface area contributed by atoms with Gasteiger partial charge in [-0.3, -0.25) is 0 Å². The van der Waals surface area contributed by atoms with E-state index >= 15 is 0 Å². The van der Waals surface area contributed by atoms with Crippen LogP contribution in [0.5, 0.6) is 0 Å². The summed E-state index contributed by atoms with van der Waals surface area (Å²) in [4.78, 5) is 0. The minimum atomic E-state index is 1.00. The van der Waals surface area contributed by atoms with Crippen LogP contribution in [0.15, 0.2) is 12.2 Å². The molecule has 2 saturated carbocycles. The number of allylic oxidation sites excluding steroid dienone is 1. The second-order valence-electron chi connectivity index (χ2n) is 3.49. The zero-order chi connectivity index (χ0) is 6.27. The van der Waals surface area contributed by atoms with E-state index in [1.807, 2.05) is 0 Å². The molecule has 2 rings (SSSR count). The first-order chi connectivity index (χ1) is 4.34. The Kier molecular flexibility index (Phi) is 1.14. The van der Waals surface area contributed by atoms with E-state index in [1.54, 1.807) is 5.92 Å². The Morgan fingerprint density at radius 3 is 3.00 bits per heavy atom. The van der Waals surface area contributed by atoms with Gasteiger partial charge in [-0.25, -0.2) is 0 Å². The van der Waals surface area contributed by atoms with E-state index in [0.717, 1.165) is 5.92 Å². The molecule has 2 aliphatic carbocycles. The lowest BCUT2D eigenvalue weighted by atomic mass is 9.86. The summed E-state index contributed by atoms with van der Waals surface area (Å²) in [5.74, 6) is 2.78. The van der Waals surface area contributed by atoms with Crippen LogP contribution in [0.2, 0.25) is 0 Å². The fraction of sp³-hybridized carbons (Fsp3) is 0.667. The highest BCUT2D eigenvalue weighted by Gasteiger charge is 2.30. The molecule has 49 valence electrons. The molecule has 2 bridgehead atoms. The Balaban J connectivity index is 2.11. The van der Waals surface area contributed by atoms with Crippen molar-refractivity contribution in [1.82, 2.24) is 0 Å². The van der Waals surface area contributed by atoms with E-state index in [-0.39, 0.29) is 0 Å². The Bertz CT molecular complexity index is 121. The third kappa shape index (κ3) is 0.910. The first-order valence-electron chi connectivity index (χ1n) is 3.85. The second-order valence-corrected chi connectivity index (χ2v) is 3.49. The molecule has 1 atom stereocenters. The van der Waals surface area contributed by atoms with E-state index in [0.29, 0.717) is 0 Å². The summed E-state index contributed by atoms with van der Waals surface area (Å²) in [5.41, 5.74) is 1.48. The molecule has 0 aliphatic heterocycles. The van der Waals surface area contributed by atoms with Crippen LogP contribution in [0, 0.1) is 11.8 Å². The van der Waals surface area contributed by atoms with Gasteiger partial charge in [-0.2, -0.15) is 0 Å². The van der Waals surface area contributed by atoms with Gasteiger partial charge in [0.1, 0.15) is 0 Å². The first-order valence-corrected chi connectivity index (χ1v) is 3.85. The van der Waals surface area contributed by atoms with Gasteiger partial charge in [-0.15, -0.1) is 0 Å². The Hall–Kier alpha value is -0.260. The number of hydrogen-bond donors (Lipinski definition) is 0. The highest BCUT2D eigenvalue weighted by molar-refractivity contribution is 5.16. The first kappa shape index (κ1) is 5.52. The number of rotatable bonds is 0. The van der Waals surface area contributed by atoms with Crippen LogP contribution in [0.4, 0.5) is 0 Å². The van der Waals surface area contributed by atoms with Gasteiger partial charge in [0.25, 0.3) is 0 Å². The minimum absolute atomic E-state index is 1.00. The van der Waals surface area contributed by atoms with Crippen molar-refractivity contribution in [3.8, 4) is 0 Å². The van der Waals surface area contributed by atoms with Crippen LogP contribution in [0.1, 0.15) is 32.1 Å². The summed E-state index contributed by atoms with van der Waals surface area (Å²) >= 11 is 0. The topological polar surface area (TPSA) is 0 Å². The average Bonchev–Trinajstić information content (AvgIpc) is 2.11. The predicted octanol–water partition coefficient (Wildman–Crippen LogP) is 2.71. The van der Waals surface area contributed by atoms with Crippen LogP contribution in [-0.4, -0.2) is 0 Å². The third-order valence-corrected chi connectivity index (χ3v) is 2.56. The van der Waals surface area contributed by atoms with Crippen molar-refractivity contribution in [2.24, 2.45) is 5.92 Å². The van der Waals surface area contributed by atoms with Crippen molar-refractivity contribution in [2.75, 3.05) is 0 Å². The smallest absolute Gasteiger partial charge is 0.0198 e. The summed E-state index contributed by atoms with van der Waals surface area (Å²) in [6, 6.07) is 0. The molecular formula is C9H13. The molecule has 0 aromatic heterocycles. The fourth-order valence-electron chi connectivity index (χ4n) is 2.19. The summed E-state index contributed by atoms with van der Waals surface area (Å²) in [7, 11) is 0. The Labute approximate surface area is 57.0 Å². The Morgan fingerprint density at radius 1 is 1.33 bits per heavy atom. The average molecular weight is 121 g/mol. The van der Waals surface area contributed by atoms with E-state index in [4.69, 9.17) is 0 Å². The van der Waals surface area contributed by atoms with E-state index in [2.05, 4.69) is 6.58 Å². The molecule has 2 fully saturated rings. The van der Waals surface area contributed by atoms with E-state index in [9.17, 15) is 0 Å². The van der Waals surface area contributed by atoms with Crippen LogP contribution in [0.25, 0.3) is 0 Å². The summed E-state index contributed by atoms with van der Waals surface area (Å²) in [5, 5.41) is 0. The van der Waals surface area contributed by atoms with Gasteiger partial charge in [0, 0.05) is 0 Å². The molecular weight excluding hydrogens is 108 g/mol. The molecule has 2 aliphatic rings. The molecule has 0 aromatic carbocycles. The van der Waals surface area contributed by atoms with Gasteiger partial charge in [0.15, 0.2) is 0 Å². The van der Waals surface area contributed by atoms with E-state index < -0.39 is 0 Å². The van der Waals surface area contributed by atoms with Crippen molar-refractivity contribution >= 4 is 0 Å². The van der Waals surface area contributed by atoms with Crippen LogP contribution in [-0.2, 0) is 0 Å². The van der Waals surface area contributed by atoms with Crippen LogP contribution >= 0.6 is 0 Å². The quantitative estimate of drug-likeness (QED) is 0.432. The minimum Gasteiger partial charge on any atom is -0.0998 e. The third-order valence-electron chi connectivity index (χ3n) is 2.56. The normalized spacial score (nSPS) is 35.6. The van der Waals surface area contributed by atoms with Crippen molar-refractivity contribution in [1.29, 1.82) is 0 Å². The maximum Gasteiger partial charge on any atom is -0.0198 e. The molecule has 1 radical (unpaired) electrons. The second kappa shape index (κ2) is 1.86. The molecule has 9 heavy (non-hydrogen) atoms. The molecule has 0 spiro atoms. The lowest BCUT2D eigenvalue weighted by Gasteiger charge is -2.19. The highest BCUT2D eigenvalue weighted by atomic mass is 14.3. The molecule has 0 N–H and O–H groups in total. The largest absolute Gasteiger partial charge is 0.0998 e. The maximum absolute atomic E-state index is 4.03. The number of fused-ring (bicyclic) bond motifs is 2. The summed E-state index contributed by atoms with van der Waals surface area (Å²) < 4.78 is 0. The fourth-order valence-corrected chi connectivity index (χ4v) is 2.19. The molecule has 0 heteroatoms. The SMILES string of the molecule is C=C1C[C]2CCC(C2)C1. The van der Waals surface area contributed by atoms with E-state index in [1.165, 1.54) is 37.7 Å². The monoisotopic (exact) mass is 121 g/mol. The standard InChI is InChI=1S/C9H13/c1-7-4-8-2-3-9(5-7)6-8/h8H,1-6H2.